The average Bonchev–Trinajstić information content (AvgIpc) is 2.54. The molecule has 4 nitrogen and oxygen atoms in total. The monoisotopic (exact) mass is 346 g/mol. The molecule has 0 spiro atoms. The number of piperazine rings is 3. The molecular formula is C16H19BrN4. The molecule has 3 saturated heterocycles. The number of fused-ring (bicyclic) bond motifs is 4. The van der Waals surface area contributed by atoms with Crippen LogP contribution in [0.5, 0.6) is 0 Å². The molecule has 0 saturated carbocycles. The summed E-state index contributed by atoms with van der Waals surface area (Å²) in [5, 5.41) is 4.82. The molecule has 1 unspecified atom stereocenters. The summed E-state index contributed by atoms with van der Waals surface area (Å²) in [5.74, 6) is 0. The average molecular weight is 347 g/mol. The number of hydrogen-bond acceptors (Lipinski definition) is 4. The Kier molecular flexibility index (Phi) is 3.57. The van der Waals surface area contributed by atoms with E-state index >= 15 is 0 Å². The number of pyridine rings is 1. The van der Waals surface area contributed by atoms with Gasteiger partial charge in [-0.1, -0.05) is 12.1 Å². The maximum atomic E-state index is 4.47. The van der Waals surface area contributed by atoms with Crippen LogP contribution in [0.3, 0.4) is 0 Å². The Morgan fingerprint density at radius 3 is 2.81 bits per heavy atom. The highest BCUT2D eigenvalue weighted by atomic mass is 79.9. The molecule has 2 aromatic rings. The maximum Gasteiger partial charge on any atom is 0.0864 e. The van der Waals surface area contributed by atoms with E-state index in [0.29, 0.717) is 6.04 Å². The summed E-state index contributed by atoms with van der Waals surface area (Å²) in [4.78, 5) is 9.66. The Bertz CT molecular complexity index is 652. The number of nitrogens with zero attached hydrogens (tertiary/aromatic N) is 3. The molecule has 1 atom stereocenters. The third-order valence-corrected chi connectivity index (χ3v) is 5.28. The molecule has 110 valence electrons. The Labute approximate surface area is 133 Å². The van der Waals surface area contributed by atoms with Crippen molar-refractivity contribution in [3.05, 3.63) is 34.9 Å². The van der Waals surface area contributed by atoms with Crippen LogP contribution in [-0.2, 0) is 0 Å². The number of anilines is 1. The first-order valence-electron chi connectivity index (χ1n) is 7.55. The summed E-state index contributed by atoms with van der Waals surface area (Å²) in [5.41, 5.74) is 2.20. The first-order valence-corrected chi connectivity index (χ1v) is 8.34. The lowest BCUT2D eigenvalue weighted by molar-refractivity contribution is 0.0189. The molecular weight excluding hydrogens is 328 g/mol. The van der Waals surface area contributed by atoms with Gasteiger partial charge in [0.15, 0.2) is 0 Å². The topological polar surface area (TPSA) is 31.4 Å². The van der Waals surface area contributed by atoms with Gasteiger partial charge >= 0.3 is 0 Å². The number of halogens is 1. The molecule has 5 heteroatoms. The molecule has 3 aliphatic heterocycles. The second-order valence-corrected chi connectivity index (χ2v) is 6.72. The van der Waals surface area contributed by atoms with Crippen molar-refractivity contribution in [2.75, 3.05) is 44.6 Å². The Morgan fingerprint density at radius 2 is 2.05 bits per heavy atom. The number of rotatable bonds is 3. The van der Waals surface area contributed by atoms with E-state index in [2.05, 4.69) is 54.2 Å². The third-order valence-electron chi connectivity index (χ3n) is 4.64. The molecule has 2 bridgehead atoms. The fourth-order valence-electron chi connectivity index (χ4n) is 3.44. The Hall–Kier alpha value is -1.17. The van der Waals surface area contributed by atoms with E-state index in [1.54, 1.807) is 0 Å². The van der Waals surface area contributed by atoms with Crippen molar-refractivity contribution >= 4 is 32.5 Å². The van der Waals surface area contributed by atoms with Crippen LogP contribution in [0.15, 0.2) is 34.9 Å². The van der Waals surface area contributed by atoms with Gasteiger partial charge in [0, 0.05) is 67.1 Å². The SMILES string of the molecule is Brc1cccc2c(NCC3CN4CCN3CC4)ccnc12. The van der Waals surface area contributed by atoms with Crippen LogP contribution in [0.1, 0.15) is 0 Å². The molecule has 0 radical (unpaired) electrons. The van der Waals surface area contributed by atoms with E-state index in [9.17, 15) is 0 Å². The quantitative estimate of drug-likeness (QED) is 0.924. The van der Waals surface area contributed by atoms with Crippen LogP contribution in [-0.4, -0.2) is 60.1 Å². The van der Waals surface area contributed by atoms with Gasteiger partial charge in [0.1, 0.15) is 0 Å². The van der Waals surface area contributed by atoms with Gasteiger partial charge in [-0.3, -0.25) is 14.8 Å². The molecule has 21 heavy (non-hydrogen) atoms. The van der Waals surface area contributed by atoms with E-state index < -0.39 is 0 Å². The normalized spacial score (nSPS) is 28.0. The minimum Gasteiger partial charge on any atom is -0.383 e. The first kappa shape index (κ1) is 13.5. The number of nitrogens with one attached hydrogen (secondary N) is 1. The molecule has 1 aromatic heterocycles. The van der Waals surface area contributed by atoms with Gasteiger partial charge in [0.2, 0.25) is 0 Å². The van der Waals surface area contributed by atoms with Gasteiger partial charge in [-0.25, -0.2) is 0 Å². The molecule has 3 aliphatic rings. The molecule has 1 N–H and O–H groups in total. The summed E-state index contributed by atoms with van der Waals surface area (Å²) in [6.45, 7) is 7.11. The molecule has 0 amide bonds. The van der Waals surface area contributed by atoms with Gasteiger partial charge in [-0.15, -0.1) is 0 Å². The molecule has 5 rings (SSSR count). The third kappa shape index (κ3) is 2.54. The van der Waals surface area contributed by atoms with E-state index in [1.165, 1.54) is 43.8 Å². The summed E-state index contributed by atoms with van der Waals surface area (Å²) >= 11 is 3.58. The fraction of sp³-hybridized carbons (Fsp3) is 0.438. The van der Waals surface area contributed by atoms with Gasteiger partial charge in [0.25, 0.3) is 0 Å². The van der Waals surface area contributed by atoms with Crippen LogP contribution >= 0.6 is 15.9 Å². The number of benzene rings is 1. The lowest BCUT2D eigenvalue weighted by Gasteiger charge is -2.47. The second-order valence-electron chi connectivity index (χ2n) is 5.87. The molecule has 1 aromatic carbocycles. The Balaban J connectivity index is 1.54. The van der Waals surface area contributed by atoms with E-state index in [-0.39, 0.29) is 0 Å². The van der Waals surface area contributed by atoms with Crippen molar-refractivity contribution in [1.29, 1.82) is 0 Å². The second kappa shape index (κ2) is 5.55. The molecule has 0 aliphatic carbocycles. The highest BCUT2D eigenvalue weighted by molar-refractivity contribution is 9.10. The summed E-state index contributed by atoms with van der Waals surface area (Å²) in [6, 6.07) is 8.94. The van der Waals surface area contributed by atoms with Crippen LogP contribution in [0.25, 0.3) is 10.9 Å². The zero-order valence-corrected chi connectivity index (χ0v) is 13.5. The van der Waals surface area contributed by atoms with Gasteiger partial charge in [0.05, 0.1) is 5.52 Å². The lowest BCUT2D eigenvalue weighted by atomic mass is 10.1. The largest absolute Gasteiger partial charge is 0.383 e. The molecule has 4 heterocycles. The standard InChI is InChI=1S/C16H19BrN4/c17-14-3-1-2-13-15(4-5-18-16(13)14)19-10-12-11-20-6-8-21(12)9-7-20/h1-5,12H,6-11H2,(H,18,19). The summed E-state index contributed by atoms with van der Waals surface area (Å²) in [6.07, 6.45) is 1.88. The van der Waals surface area contributed by atoms with E-state index in [4.69, 9.17) is 0 Å². The Morgan fingerprint density at radius 1 is 1.19 bits per heavy atom. The van der Waals surface area contributed by atoms with Gasteiger partial charge in [-0.05, 0) is 28.1 Å². The molecule has 3 fully saturated rings. The summed E-state index contributed by atoms with van der Waals surface area (Å²) < 4.78 is 1.05. The highest BCUT2D eigenvalue weighted by Gasteiger charge is 2.31. The van der Waals surface area contributed by atoms with Crippen molar-refractivity contribution in [3.63, 3.8) is 0 Å². The van der Waals surface area contributed by atoms with E-state index in [1.807, 2.05) is 12.3 Å². The predicted octanol–water partition coefficient (Wildman–Crippen LogP) is 2.41. The number of aromatic nitrogens is 1. The minimum atomic E-state index is 0.628. The smallest absolute Gasteiger partial charge is 0.0864 e. The van der Waals surface area contributed by atoms with Gasteiger partial charge < -0.3 is 5.32 Å². The maximum absolute atomic E-state index is 4.47. The minimum absolute atomic E-state index is 0.628. The zero-order valence-electron chi connectivity index (χ0n) is 11.9. The van der Waals surface area contributed by atoms with Crippen LogP contribution in [0, 0.1) is 0 Å². The van der Waals surface area contributed by atoms with Crippen molar-refractivity contribution in [2.24, 2.45) is 0 Å². The van der Waals surface area contributed by atoms with Crippen molar-refractivity contribution in [1.82, 2.24) is 14.8 Å². The first-order chi connectivity index (χ1) is 10.3. The zero-order chi connectivity index (χ0) is 14.2. The van der Waals surface area contributed by atoms with Crippen LogP contribution < -0.4 is 5.32 Å². The summed E-state index contributed by atoms with van der Waals surface area (Å²) in [7, 11) is 0. The van der Waals surface area contributed by atoms with Crippen molar-refractivity contribution in [3.8, 4) is 0 Å². The van der Waals surface area contributed by atoms with Crippen molar-refractivity contribution < 1.29 is 0 Å². The fourth-order valence-corrected chi connectivity index (χ4v) is 3.91. The number of para-hydroxylation sites is 1. The van der Waals surface area contributed by atoms with Crippen LogP contribution in [0.4, 0.5) is 5.69 Å². The van der Waals surface area contributed by atoms with Crippen LogP contribution in [0.2, 0.25) is 0 Å². The van der Waals surface area contributed by atoms with Gasteiger partial charge in [-0.2, -0.15) is 0 Å². The predicted molar refractivity (Wildman–Crippen MR) is 89.7 cm³/mol. The van der Waals surface area contributed by atoms with E-state index in [0.717, 1.165) is 16.5 Å². The van der Waals surface area contributed by atoms with Crippen molar-refractivity contribution in [2.45, 2.75) is 6.04 Å². The lowest BCUT2D eigenvalue weighted by Crippen LogP contribution is -2.62. The number of hydrogen-bond donors (Lipinski definition) is 1. The highest BCUT2D eigenvalue weighted by Crippen LogP contribution is 2.27.